The zero-order valence-corrected chi connectivity index (χ0v) is 5.52. The van der Waals surface area contributed by atoms with E-state index in [-0.39, 0.29) is 0 Å². The maximum absolute atomic E-state index is 5.22. The first-order valence-corrected chi connectivity index (χ1v) is 3.59. The van der Waals surface area contributed by atoms with Gasteiger partial charge in [0.25, 0.3) is 0 Å². The zero-order valence-electron chi connectivity index (χ0n) is 3.93. The van der Waals surface area contributed by atoms with Crippen LogP contribution in [0.4, 0.5) is 0 Å². The molecular formula is C5H7BrO. The van der Waals surface area contributed by atoms with Crippen LogP contribution in [0.25, 0.3) is 0 Å². The van der Waals surface area contributed by atoms with Crippen LogP contribution in [-0.2, 0) is 4.74 Å². The van der Waals surface area contributed by atoms with E-state index in [0.717, 1.165) is 0 Å². The lowest BCUT2D eigenvalue weighted by molar-refractivity contribution is 0.328. The average molecular weight is 163 g/mol. The van der Waals surface area contributed by atoms with Gasteiger partial charge < -0.3 is 4.74 Å². The van der Waals surface area contributed by atoms with Gasteiger partial charge in [-0.2, -0.15) is 0 Å². The molecule has 0 aromatic carbocycles. The van der Waals surface area contributed by atoms with E-state index in [1.54, 1.807) is 0 Å². The number of fused-ring (bicyclic) bond motifs is 1. The molecule has 0 bridgehead atoms. The zero-order chi connectivity index (χ0) is 4.85. The number of halogens is 1. The maximum atomic E-state index is 5.22. The van der Waals surface area contributed by atoms with Crippen LogP contribution in [-0.4, -0.2) is 17.0 Å². The molecule has 3 atom stereocenters. The smallest absolute Gasteiger partial charge is 0.0966 e. The molecule has 2 rings (SSSR count). The Kier molecular flexibility index (Phi) is 0.762. The van der Waals surface area contributed by atoms with Crippen molar-refractivity contribution in [3.63, 3.8) is 0 Å². The van der Waals surface area contributed by atoms with E-state index in [0.29, 0.717) is 17.0 Å². The lowest BCUT2D eigenvalue weighted by atomic mass is 10.4. The van der Waals surface area contributed by atoms with Crippen LogP contribution >= 0.6 is 15.9 Å². The van der Waals surface area contributed by atoms with Crippen LogP contribution < -0.4 is 0 Å². The summed E-state index contributed by atoms with van der Waals surface area (Å²) in [6.07, 6.45) is 3.83. The summed E-state index contributed by atoms with van der Waals surface area (Å²) in [6, 6.07) is 0. The highest BCUT2D eigenvalue weighted by molar-refractivity contribution is 9.09. The molecule has 1 saturated heterocycles. The van der Waals surface area contributed by atoms with Gasteiger partial charge in [-0.3, -0.25) is 0 Å². The number of rotatable bonds is 0. The van der Waals surface area contributed by atoms with Crippen LogP contribution in [0.1, 0.15) is 12.8 Å². The molecule has 0 spiro atoms. The molecule has 0 amide bonds. The third-order valence-corrected chi connectivity index (χ3v) is 2.68. The second-order valence-electron chi connectivity index (χ2n) is 2.23. The van der Waals surface area contributed by atoms with Crippen molar-refractivity contribution in [2.45, 2.75) is 29.9 Å². The molecule has 2 aliphatic rings. The van der Waals surface area contributed by atoms with Gasteiger partial charge in [0.2, 0.25) is 0 Å². The lowest BCUT2D eigenvalue weighted by Gasteiger charge is -1.94. The predicted octanol–water partition coefficient (Wildman–Crippen LogP) is 1.31. The van der Waals surface area contributed by atoms with Crippen molar-refractivity contribution in [1.82, 2.24) is 0 Å². The minimum absolute atomic E-state index is 0.597. The Morgan fingerprint density at radius 2 is 2.29 bits per heavy atom. The molecule has 1 saturated carbocycles. The summed E-state index contributed by atoms with van der Waals surface area (Å²) in [5.41, 5.74) is 0. The van der Waals surface area contributed by atoms with Gasteiger partial charge in [-0.05, 0) is 12.8 Å². The van der Waals surface area contributed by atoms with Gasteiger partial charge in [0.1, 0.15) is 0 Å². The number of ether oxygens (including phenoxy) is 1. The Morgan fingerprint density at radius 1 is 1.43 bits per heavy atom. The summed E-state index contributed by atoms with van der Waals surface area (Å²) in [4.78, 5) is 0.678. The molecular weight excluding hydrogens is 156 g/mol. The molecule has 7 heavy (non-hydrogen) atoms. The molecule has 0 radical (unpaired) electrons. The van der Waals surface area contributed by atoms with Crippen LogP contribution in [0.3, 0.4) is 0 Å². The van der Waals surface area contributed by atoms with E-state index in [4.69, 9.17) is 4.74 Å². The van der Waals surface area contributed by atoms with Crippen molar-refractivity contribution in [2.75, 3.05) is 0 Å². The highest BCUT2D eigenvalue weighted by Crippen LogP contribution is 2.42. The number of hydrogen-bond acceptors (Lipinski definition) is 1. The van der Waals surface area contributed by atoms with E-state index in [1.165, 1.54) is 12.8 Å². The average Bonchev–Trinajstić information content (AvgIpc) is 2.33. The molecule has 1 aliphatic heterocycles. The SMILES string of the molecule is BrC1CCC2OC12. The van der Waals surface area contributed by atoms with Gasteiger partial charge in [0.05, 0.1) is 12.2 Å². The Balaban J connectivity index is 2.08. The third kappa shape index (κ3) is 0.533. The number of alkyl halides is 1. The Morgan fingerprint density at radius 3 is 2.43 bits per heavy atom. The normalized spacial score (nSPS) is 57.0. The molecule has 1 nitrogen and oxygen atoms in total. The van der Waals surface area contributed by atoms with Gasteiger partial charge in [-0.1, -0.05) is 15.9 Å². The Labute approximate surface area is 51.2 Å². The van der Waals surface area contributed by atoms with Gasteiger partial charge in [-0.25, -0.2) is 0 Å². The van der Waals surface area contributed by atoms with E-state index in [9.17, 15) is 0 Å². The molecule has 2 fully saturated rings. The third-order valence-electron chi connectivity index (χ3n) is 1.71. The van der Waals surface area contributed by atoms with Gasteiger partial charge >= 0.3 is 0 Å². The highest BCUT2D eigenvalue weighted by Gasteiger charge is 2.48. The van der Waals surface area contributed by atoms with E-state index in [1.807, 2.05) is 0 Å². The van der Waals surface area contributed by atoms with Crippen LogP contribution in [0, 0.1) is 0 Å². The first-order valence-electron chi connectivity index (χ1n) is 2.67. The summed E-state index contributed by atoms with van der Waals surface area (Å²) in [5.74, 6) is 0. The second-order valence-corrected chi connectivity index (χ2v) is 3.41. The largest absolute Gasteiger partial charge is 0.368 e. The van der Waals surface area contributed by atoms with Crippen LogP contribution in [0.5, 0.6) is 0 Å². The lowest BCUT2D eigenvalue weighted by Crippen LogP contribution is -1.98. The van der Waals surface area contributed by atoms with Crippen LogP contribution in [0.15, 0.2) is 0 Å². The van der Waals surface area contributed by atoms with Crippen molar-refractivity contribution in [3.8, 4) is 0 Å². The number of epoxide rings is 1. The summed E-state index contributed by atoms with van der Waals surface area (Å²) in [7, 11) is 0. The summed E-state index contributed by atoms with van der Waals surface area (Å²) < 4.78 is 5.22. The molecule has 2 heteroatoms. The molecule has 0 aromatic rings. The van der Waals surface area contributed by atoms with Gasteiger partial charge in [0.15, 0.2) is 0 Å². The maximum Gasteiger partial charge on any atom is 0.0966 e. The quantitative estimate of drug-likeness (QED) is 0.387. The van der Waals surface area contributed by atoms with Crippen molar-refractivity contribution < 1.29 is 4.74 Å². The van der Waals surface area contributed by atoms with Crippen molar-refractivity contribution in [1.29, 1.82) is 0 Å². The van der Waals surface area contributed by atoms with Crippen LogP contribution in [0.2, 0.25) is 0 Å². The molecule has 1 aliphatic carbocycles. The number of hydrogen-bond donors (Lipinski definition) is 0. The minimum atomic E-state index is 0.597. The molecule has 0 aromatic heterocycles. The first kappa shape index (κ1) is 4.33. The predicted molar refractivity (Wildman–Crippen MR) is 30.6 cm³/mol. The monoisotopic (exact) mass is 162 g/mol. The van der Waals surface area contributed by atoms with E-state index >= 15 is 0 Å². The summed E-state index contributed by atoms with van der Waals surface area (Å²) >= 11 is 3.52. The van der Waals surface area contributed by atoms with E-state index < -0.39 is 0 Å². The van der Waals surface area contributed by atoms with Gasteiger partial charge in [0, 0.05) is 4.83 Å². The Bertz CT molecular complexity index is 94.1. The van der Waals surface area contributed by atoms with Gasteiger partial charge in [-0.15, -0.1) is 0 Å². The fraction of sp³-hybridized carbons (Fsp3) is 1.00. The first-order chi connectivity index (χ1) is 3.38. The van der Waals surface area contributed by atoms with E-state index in [2.05, 4.69) is 15.9 Å². The molecule has 3 unspecified atom stereocenters. The van der Waals surface area contributed by atoms with Crippen molar-refractivity contribution in [2.24, 2.45) is 0 Å². The van der Waals surface area contributed by atoms with Crippen molar-refractivity contribution >= 4 is 15.9 Å². The topological polar surface area (TPSA) is 12.5 Å². The van der Waals surface area contributed by atoms with Crippen molar-refractivity contribution in [3.05, 3.63) is 0 Å². The molecule has 0 N–H and O–H groups in total. The molecule has 1 heterocycles. The Hall–Kier alpha value is 0.440. The fourth-order valence-electron chi connectivity index (χ4n) is 1.19. The molecule has 40 valence electrons. The summed E-state index contributed by atoms with van der Waals surface area (Å²) in [5, 5.41) is 0. The highest BCUT2D eigenvalue weighted by atomic mass is 79.9. The minimum Gasteiger partial charge on any atom is -0.368 e. The second kappa shape index (κ2) is 1.23. The summed E-state index contributed by atoms with van der Waals surface area (Å²) in [6.45, 7) is 0. The standard InChI is InChI=1S/C5H7BrO/c6-3-1-2-4-5(3)7-4/h3-5H,1-2H2. The fourth-order valence-corrected chi connectivity index (χ4v) is 1.92.